The lowest BCUT2D eigenvalue weighted by Crippen LogP contribution is -1.90. The second kappa shape index (κ2) is 3.34. The number of benzene rings is 1. The summed E-state index contributed by atoms with van der Waals surface area (Å²) in [5.41, 5.74) is 2.30. The van der Waals surface area contributed by atoms with Crippen molar-refractivity contribution in [1.29, 1.82) is 0 Å². The number of hydrogen-bond acceptors (Lipinski definition) is 1. The van der Waals surface area contributed by atoms with Crippen LogP contribution in [-0.4, -0.2) is 9.55 Å². The number of halogens is 1. The van der Waals surface area contributed by atoms with Crippen molar-refractivity contribution in [2.24, 2.45) is 7.05 Å². The monoisotopic (exact) mass is 236 g/mol. The zero-order valence-electron chi connectivity index (χ0n) is 7.24. The number of nitrogens with zero attached hydrogens (tertiary/aromatic N) is 2. The van der Waals surface area contributed by atoms with Crippen LogP contribution < -0.4 is 0 Å². The third kappa shape index (κ3) is 1.52. The first kappa shape index (κ1) is 8.51. The van der Waals surface area contributed by atoms with E-state index in [-0.39, 0.29) is 0 Å². The van der Waals surface area contributed by atoms with Gasteiger partial charge in [-0.05, 0) is 21.5 Å². The van der Waals surface area contributed by atoms with Gasteiger partial charge in [-0.15, -0.1) is 0 Å². The van der Waals surface area contributed by atoms with Gasteiger partial charge in [0.05, 0.1) is 11.9 Å². The molecule has 1 aromatic carbocycles. The standard InChI is InChI=1S/C10H9BrN2/c1-13-9(7-12-10(13)11)8-5-3-2-4-6-8/h2-7H,1H3. The van der Waals surface area contributed by atoms with Gasteiger partial charge in [0, 0.05) is 7.05 Å². The van der Waals surface area contributed by atoms with Crippen molar-refractivity contribution in [3.05, 3.63) is 41.3 Å². The Kier molecular flexibility index (Phi) is 2.19. The summed E-state index contributed by atoms with van der Waals surface area (Å²) in [7, 11) is 1.99. The molecule has 2 aromatic rings. The molecule has 0 bridgehead atoms. The number of hydrogen-bond donors (Lipinski definition) is 0. The Balaban J connectivity index is 2.53. The van der Waals surface area contributed by atoms with Crippen LogP contribution in [0.25, 0.3) is 11.3 Å². The van der Waals surface area contributed by atoms with Gasteiger partial charge in [-0.2, -0.15) is 0 Å². The Morgan fingerprint density at radius 1 is 1.23 bits per heavy atom. The molecule has 0 amide bonds. The summed E-state index contributed by atoms with van der Waals surface area (Å²) in [6, 6.07) is 10.2. The van der Waals surface area contributed by atoms with Crippen molar-refractivity contribution in [2.75, 3.05) is 0 Å². The van der Waals surface area contributed by atoms with Gasteiger partial charge in [-0.1, -0.05) is 30.3 Å². The first-order valence-electron chi connectivity index (χ1n) is 4.01. The zero-order chi connectivity index (χ0) is 9.26. The van der Waals surface area contributed by atoms with Crippen molar-refractivity contribution >= 4 is 15.9 Å². The van der Waals surface area contributed by atoms with Gasteiger partial charge in [-0.3, -0.25) is 0 Å². The molecule has 0 radical (unpaired) electrons. The highest BCUT2D eigenvalue weighted by atomic mass is 79.9. The maximum atomic E-state index is 4.17. The smallest absolute Gasteiger partial charge is 0.177 e. The molecule has 3 heteroatoms. The van der Waals surface area contributed by atoms with Crippen LogP contribution in [0, 0.1) is 0 Å². The molecule has 0 saturated heterocycles. The van der Waals surface area contributed by atoms with Gasteiger partial charge in [0.15, 0.2) is 4.73 Å². The molecule has 0 unspecified atom stereocenters. The predicted molar refractivity (Wildman–Crippen MR) is 56.3 cm³/mol. The highest BCUT2D eigenvalue weighted by Gasteiger charge is 2.04. The largest absolute Gasteiger partial charge is 0.322 e. The minimum Gasteiger partial charge on any atom is -0.322 e. The van der Waals surface area contributed by atoms with Crippen LogP contribution in [0.3, 0.4) is 0 Å². The highest BCUT2D eigenvalue weighted by molar-refractivity contribution is 9.10. The average Bonchev–Trinajstić information content (AvgIpc) is 2.49. The van der Waals surface area contributed by atoms with Crippen LogP contribution in [0.15, 0.2) is 41.3 Å². The summed E-state index contributed by atoms with van der Waals surface area (Å²) in [6.45, 7) is 0. The quantitative estimate of drug-likeness (QED) is 0.745. The molecule has 0 atom stereocenters. The molecule has 0 N–H and O–H groups in total. The zero-order valence-corrected chi connectivity index (χ0v) is 8.82. The summed E-state index contributed by atoms with van der Waals surface area (Å²) in [5.74, 6) is 0. The highest BCUT2D eigenvalue weighted by Crippen LogP contribution is 2.21. The van der Waals surface area contributed by atoms with E-state index in [9.17, 15) is 0 Å². The predicted octanol–water partition coefficient (Wildman–Crippen LogP) is 2.85. The molecule has 0 fully saturated rings. The Morgan fingerprint density at radius 2 is 1.92 bits per heavy atom. The molecular weight excluding hydrogens is 228 g/mol. The van der Waals surface area contributed by atoms with Crippen molar-refractivity contribution in [1.82, 2.24) is 9.55 Å². The molecule has 0 aliphatic carbocycles. The minimum atomic E-state index is 0.853. The van der Waals surface area contributed by atoms with Crippen LogP contribution in [0.5, 0.6) is 0 Å². The minimum absolute atomic E-state index is 0.853. The van der Waals surface area contributed by atoms with E-state index in [4.69, 9.17) is 0 Å². The molecule has 0 aliphatic heterocycles. The fourth-order valence-electron chi connectivity index (χ4n) is 1.26. The molecule has 1 aromatic heterocycles. The summed E-state index contributed by atoms with van der Waals surface area (Å²) in [5, 5.41) is 0. The Labute approximate surface area is 85.4 Å². The van der Waals surface area contributed by atoms with E-state index in [0.29, 0.717) is 0 Å². The summed E-state index contributed by atoms with van der Waals surface area (Å²) in [6.07, 6.45) is 1.86. The average molecular weight is 237 g/mol. The Hall–Kier alpha value is -1.09. The van der Waals surface area contributed by atoms with E-state index in [2.05, 4.69) is 33.0 Å². The first-order chi connectivity index (χ1) is 6.29. The molecule has 0 aliphatic rings. The molecule has 0 saturated carbocycles. The van der Waals surface area contributed by atoms with Crippen LogP contribution >= 0.6 is 15.9 Å². The second-order valence-electron chi connectivity index (χ2n) is 2.84. The summed E-state index contributed by atoms with van der Waals surface area (Å²) >= 11 is 3.37. The second-order valence-corrected chi connectivity index (χ2v) is 3.55. The van der Waals surface area contributed by atoms with Gasteiger partial charge in [0.25, 0.3) is 0 Å². The topological polar surface area (TPSA) is 17.8 Å². The molecule has 0 spiro atoms. The van der Waals surface area contributed by atoms with E-state index < -0.39 is 0 Å². The molecule has 2 rings (SSSR count). The van der Waals surface area contributed by atoms with E-state index in [0.717, 1.165) is 10.4 Å². The van der Waals surface area contributed by atoms with Crippen LogP contribution in [-0.2, 0) is 7.05 Å². The Morgan fingerprint density at radius 3 is 2.46 bits per heavy atom. The molecule has 1 heterocycles. The van der Waals surface area contributed by atoms with E-state index in [1.807, 2.05) is 36.0 Å². The van der Waals surface area contributed by atoms with Crippen LogP contribution in [0.2, 0.25) is 0 Å². The molecular formula is C10H9BrN2. The number of imidazole rings is 1. The number of aromatic nitrogens is 2. The van der Waals surface area contributed by atoms with Crippen molar-refractivity contribution in [2.45, 2.75) is 0 Å². The fourth-order valence-corrected chi connectivity index (χ4v) is 1.56. The summed E-state index contributed by atoms with van der Waals surface area (Å²) in [4.78, 5) is 4.17. The SMILES string of the molecule is Cn1c(-c2ccccc2)cnc1Br. The van der Waals surface area contributed by atoms with E-state index >= 15 is 0 Å². The van der Waals surface area contributed by atoms with Crippen molar-refractivity contribution < 1.29 is 0 Å². The van der Waals surface area contributed by atoms with Gasteiger partial charge in [-0.25, -0.2) is 4.98 Å². The van der Waals surface area contributed by atoms with Gasteiger partial charge in [0.2, 0.25) is 0 Å². The number of rotatable bonds is 1. The van der Waals surface area contributed by atoms with Crippen LogP contribution in [0.1, 0.15) is 0 Å². The maximum absolute atomic E-state index is 4.17. The third-order valence-corrected chi connectivity index (χ3v) is 2.74. The normalized spacial score (nSPS) is 10.3. The Bertz CT molecular complexity index is 406. The van der Waals surface area contributed by atoms with E-state index in [1.54, 1.807) is 0 Å². The third-order valence-electron chi connectivity index (χ3n) is 2.00. The van der Waals surface area contributed by atoms with Crippen molar-refractivity contribution in [3.63, 3.8) is 0 Å². The molecule has 13 heavy (non-hydrogen) atoms. The lowest BCUT2D eigenvalue weighted by atomic mass is 10.2. The summed E-state index contributed by atoms with van der Waals surface area (Å²) < 4.78 is 2.86. The van der Waals surface area contributed by atoms with Crippen molar-refractivity contribution in [3.8, 4) is 11.3 Å². The lowest BCUT2D eigenvalue weighted by molar-refractivity contribution is 0.889. The maximum Gasteiger partial charge on any atom is 0.177 e. The van der Waals surface area contributed by atoms with Gasteiger partial charge >= 0.3 is 0 Å². The van der Waals surface area contributed by atoms with Gasteiger partial charge in [0.1, 0.15) is 0 Å². The lowest BCUT2D eigenvalue weighted by Gasteiger charge is -2.01. The fraction of sp³-hybridized carbons (Fsp3) is 0.100. The van der Waals surface area contributed by atoms with Crippen LogP contribution in [0.4, 0.5) is 0 Å². The molecule has 2 nitrogen and oxygen atoms in total. The molecule has 66 valence electrons. The van der Waals surface area contributed by atoms with Gasteiger partial charge < -0.3 is 4.57 Å². The van der Waals surface area contributed by atoms with E-state index in [1.165, 1.54) is 5.56 Å². The first-order valence-corrected chi connectivity index (χ1v) is 4.81.